The molecule has 0 amide bonds. The van der Waals surface area contributed by atoms with Crippen LogP contribution in [-0.2, 0) is 6.42 Å². The van der Waals surface area contributed by atoms with Gasteiger partial charge in [-0.25, -0.2) is 0 Å². The molecule has 1 heterocycles. The van der Waals surface area contributed by atoms with Gasteiger partial charge in [-0.3, -0.25) is 0 Å². The predicted octanol–water partition coefficient (Wildman–Crippen LogP) is 4.01. The summed E-state index contributed by atoms with van der Waals surface area (Å²) >= 11 is 1.64. The second-order valence-corrected chi connectivity index (χ2v) is 5.37. The van der Waals surface area contributed by atoms with E-state index in [4.69, 9.17) is 0 Å². The predicted molar refractivity (Wildman–Crippen MR) is 73.7 cm³/mol. The number of aliphatic hydroxyl groups excluding tert-OH is 1. The second kappa shape index (κ2) is 5.03. The first-order chi connectivity index (χ1) is 8.13. The monoisotopic (exact) mass is 246 g/mol. The fourth-order valence-corrected chi connectivity index (χ4v) is 3.15. The number of hydrogen-bond acceptors (Lipinski definition) is 2. The Balaban J connectivity index is 2.40. The van der Waals surface area contributed by atoms with E-state index in [0.29, 0.717) is 0 Å². The van der Waals surface area contributed by atoms with E-state index in [0.717, 1.165) is 22.4 Å². The quantitative estimate of drug-likeness (QED) is 0.867. The van der Waals surface area contributed by atoms with E-state index < -0.39 is 6.10 Å². The van der Waals surface area contributed by atoms with Crippen molar-refractivity contribution in [3.63, 3.8) is 0 Å². The Morgan fingerprint density at radius 1 is 1.24 bits per heavy atom. The lowest BCUT2D eigenvalue weighted by Crippen LogP contribution is -2.02. The third kappa shape index (κ3) is 2.43. The van der Waals surface area contributed by atoms with Crippen molar-refractivity contribution in [2.45, 2.75) is 33.3 Å². The summed E-state index contributed by atoms with van der Waals surface area (Å²) in [5, 5.41) is 12.5. The van der Waals surface area contributed by atoms with Crippen LogP contribution in [0.1, 0.15) is 40.2 Å². The molecule has 1 nitrogen and oxygen atoms in total. The van der Waals surface area contributed by atoms with Gasteiger partial charge in [0, 0.05) is 4.88 Å². The molecule has 0 fully saturated rings. The molecule has 0 aliphatic carbocycles. The zero-order valence-electron chi connectivity index (χ0n) is 10.5. The lowest BCUT2D eigenvalue weighted by Gasteiger charge is -2.14. The molecule has 1 atom stereocenters. The Hall–Kier alpha value is -1.12. The summed E-state index contributed by atoms with van der Waals surface area (Å²) in [4.78, 5) is 1.08. The van der Waals surface area contributed by atoms with Crippen molar-refractivity contribution >= 4 is 11.3 Å². The Morgan fingerprint density at radius 2 is 2.00 bits per heavy atom. The van der Waals surface area contributed by atoms with Gasteiger partial charge in [-0.15, -0.1) is 11.3 Å². The first-order valence-corrected chi connectivity index (χ1v) is 6.83. The molecular weight excluding hydrogens is 228 g/mol. The molecule has 0 spiro atoms. The molecule has 1 unspecified atom stereocenters. The first-order valence-electron chi connectivity index (χ1n) is 5.95. The lowest BCUT2D eigenvalue weighted by atomic mass is 9.98. The highest BCUT2D eigenvalue weighted by molar-refractivity contribution is 7.10. The average molecular weight is 246 g/mol. The summed E-state index contributed by atoms with van der Waals surface area (Å²) < 4.78 is 0. The Labute approximate surface area is 107 Å². The maximum atomic E-state index is 10.5. The van der Waals surface area contributed by atoms with Crippen molar-refractivity contribution in [1.29, 1.82) is 0 Å². The van der Waals surface area contributed by atoms with Crippen LogP contribution < -0.4 is 0 Å². The van der Waals surface area contributed by atoms with Gasteiger partial charge in [-0.05, 0) is 48.4 Å². The van der Waals surface area contributed by atoms with E-state index in [1.54, 1.807) is 11.3 Å². The summed E-state index contributed by atoms with van der Waals surface area (Å²) in [7, 11) is 0. The molecule has 0 aliphatic heterocycles. The molecule has 0 saturated carbocycles. The van der Waals surface area contributed by atoms with Crippen molar-refractivity contribution < 1.29 is 5.11 Å². The van der Waals surface area contributed by atoms with Crippen LogP contribution in [0.15, 0.2) is 29.6 Å². The zero-order chi connectivity index (χ0) is 12.4. The van der Waals surface area contributed by atoms with E-state index in [2.05, 4.69) is 44.4 Å². The first kappa shape index (κ1) is 12.3. The largest absolute Gasteiger partial charge is 0.383 e. The topological polar surface area (TPSA) is 20.2 Å². The standard InChI is InChI=1S/C15H18OS/c1-4-12-7-8-17-15(12)14(16)13-6-5-10(2)9-11(13)3/h5-9,14,16H,4H2,1-3H3. The van der Waals surface area contributed by atoms with E-state index in [1.807, 2.05) is 6.07 Å². The van der Waals surface area contributed by atoms with Crippen LogP contribution in [0.5, 0.6) is 0 Å². The van der Waals surface area contributed by atoms with Crippen molar-refractivity contribution in [3.05, 3.63) is 56.8 Å². The Bertz CT molecular complexity index is 513. The average Bonchev–Trinajstić information content (AvgIpc) is 2.76. The van der Waals surface area contributed by atoms with E-state index in [9.17, 15) is 5.11 Å². The van der Waals surface area contributed by atoms with Gasteiger partial charge in [0.25, 0.3) is 0 Å². The maximum absolute atomic E-state index is 10.5. The molecule has 0 saturated heterocycles. The highest BCUT2D eigenvalue weighted by atomic mass is 32.1. The molecule has 1 aromatic heterocycles. The minimum absolute atomic E-state index is 0.481. The molecule has 0 bridgehead atoms. The number of thiophene rings is 1. The van der Waals surface area contributed by atoms with Gasteiger partial charge in [-0.1, -0.05) is 30.7 Å². The summed E-state index contributed by atoms with van der Waals surface area (Å²) in [6, 6.07) is 8.32. The smallest absolute Gasteiger partial charge is 0.114 e. The summed E-state index contributed by atoms with van der Waals surface area (Å²) in [5.74, 6) is 0. The minimum Gasteiger partial charge on any atom is -0.383 e. The number of aryl methyl sites for hydroxylation is 3. The number of aliphatic hydroxyl groups is 1. The Kier molecular flexibility index (Phi) is 3.65. The molecule has 17 heavy (non-hydrogen) atoms. The third-order valence-corrected chi connectivity index (χ3v) is 4.14. The van der Waals surface area contributed by atoms with Gasteiger partial charge in [-0.2, -0.15) is 0 Å². The van der Waals surface area contributed by atoms with Crippen LogP contribution in [0.4, 0.5) is 0 Å². The van der Waals surface area contributed by atoms with Crippen LogP contribution in [0, 0.1) is 13.8 Å². The van der Waals surface area contributed by atoms with Crippen molar-refractivity contribution in [1.82, 2.24) is 0 Å². The van der Waals surface area contributed by atoms with Gasteiger partial charge in [0.1, 0.15) is 6.10 Å². The van der Waals surface area contributed by atoms with Crippen molar-refractivity contribution in [2.75, 3.05) is 0 Å². The number of benzene rings is 1. The highest BCUT2D eigenvalue weighted by Gasteiger charge is 2.16. The van der Waals surface area contributed by atoms with Crippen LogP contribution >= 0.6 is 11.3 Å². The fourth-order valence-electron chi connectivity index (χ4n) is 2.15. The highest BCUT2D eigenvalue weighted by Crippen LogP contribution is 2.31. The summed E-state index contributed by atoms with van der Waals surface area (Å²) in [6.07, 6.45) is 0.492. The summed E-state index contributed by atoms with van der Waals surface area (Å²) in [6.45, 7) is 6.26. The normalized spacial score (nSPS) is 12.7. The van der Waals surface area contributed by atoms with Crippen LogP contribution in [0.2, 0.25) is 0 Å². The molecule has 2 aromatic rings. The molecule has 1 aromatic carbocycles. The van der Waals surface area contributed by atoms with Gasteiger partial charge < -0.3 is 5.11 Å². The SMILES string of the molecule is CCc1ccsc1C(O)c1ccc(C)cc1C. The molecule has 1 N–H and O–H groups in total. The molecule has 0 radical (unpaired) electrons. The van der Waals surface area contributed by atoms with E-state index in [-0.39, 0.29) is 0 Å². The second-order valence-electron chi connectivity index (χ2n) is 4.43. The minimum atomic E-state index is -0.481. The van der Waals surface area contributed by atoms with Gasteiger partial charge in [0.05, 0.1) is 0 Å². The van der Waals surface area contributed by atoms with E-state index in [1.165, 1.54) is 11.1 Å². The van der Waals surface area contributed by atoms with E-state index >= 15 is 0 Å². The van der Waals surface area contributed by atoms with Gasteiger partial charge >= 0.3 is 0 Å². The van der Waals surface area contributed by atoms with Crippen LogP contribution in [0.25, 0.3) is 0 Å². The third-order valence-electron chi connectivity index (χ3n) is 3.13. The van der Waals surface area contributed by atoms with Crippen molar-refractivity contribution in [2.24, 2.45) is 0 Å². The Morgan fingerprint density at radius 3 is 2.65 bits per heavy atom. The van der Waals surface area contributed by atoms with Crippen molar-refractivity contribution in [3.8, 4) is 0 Å². The van der Waals surface area contributed by atoms with Crippen LogP contribution in [0.3, 0.4) is 0 Å². The van der Waals surface area contributed by atoms with Gasteiger partial charge in [0.2, 0.25) is 0 Å². The summed E-state index contributed by atoms with van der Waals surface area (Å²) in [5.41, 5.74) is 4.67. The van der Waals surface area contributed by atoms with Gasteiger partial charge in [0.15, 0.2) is 0 Å². The molecule has 0 aliphatic rings. The molecule has 90 valence electrons. The molecule has 2 rings (SSSR count). The molecular formula is C15H18OS. The molecule has 2 heteroatoms. The van der Waals surface area contributed by atoms with Crippen LogP contribution in [-0.4, -0.2) is 5.11 Å². The fraction of sp³-hybridized carbons (Fsp3) is 0.333. The lowest BCUT2D eigenvalue weighted by molar-refractivity contribution is 0.222. The number of rotatable bonds is 3. The number of hydrogen-bond donors (Lipinski definition) is 1. The maximum Gasteiger partial charge on any atom is 0.114 e. The zero-order valence-corrected chi connectivity index (χ0v) is 11.3.